The topological polar surface area (TPSA) is 101 Å². The Kier molecular flexibility index (Phi) is 10.4. The molecule has 0 aliphatic heterocycles. The molecule has 0 amide bonds. The zero-order chi connectivity index (χ0) is 18.8. The number of nitrogens with one attached hydrogen (secondary N) is 3. The average molecular weight is 491 g/mol. The first-order valence-electron chi connectivity index (χ1n) is 9.00. The van der Waals surface area contributed by atoms with Gasteiger partial charge in [-0.25, -0.2) is 0 Å². The average Bonchev–Trinajstić information content (AvgIpc) is 2.62. The molecule has 1 fully saturated rings. The van der Waals surface area contributed by atoms with E-state index >= 15 is 0 Å². The van der Waals surface area contributed by atoms with Crippen molar-refractivity contribution in [3.63, 3.8) is 0 Å². The van der Waals surface area contributed by atoms with Gasteiger partial charge < -0.3 is 20.7 Å². The second-order valence-electron chi connectivity index (χ2n) is 6.68. The number of guanidine groups is 1. The van der Waals surface area contributed by atoms with Gasteiger partial charge in [-0.2, -0.15) is 0 Å². The van der Waals surface area contributed by atoms with Crippen molar-refractivity contribution < 1.29 is 9.66 Å². The zero-order valence-corrected chi connectivity index (χ0v) is 18.3. The maximum Gasteiger partial charge on any atom is 0.269 e. The molecule has 1 aromatic rings. The summed E-state index contributed by atoms with van der Waals surface area (Å²) < 4.78 is 5.23. The number of hydrogen-bond acceptors (Lipinski definition) is 5. The summed E-state index contributed by atoms with van der Waals surface area (Å²) in [6.07, 6.45) is 4.84. The number of nitro benzene ring substituents is 1. The van der Waals surface area contributed by atoms with Crippen LogP contribution in [0, 0.1) is 15.5 Å². The molecule has 0 spiro atoms. The Bertz CT molecular complexity index is 606. The number of aliphatic imine (C=N–C) groups is 1. The Balaban J connectivity index is 0.00000364. The van der Waals surface area contributed by atoms with Crippen molar-refractivity contribution in [3.05, 3.63) is 34.4 Å². The summed E-state index contributed by atoms with van der Waals surface area (Å²) in [7, 11) is 3.51. The van der Waals surface area contributed by atoms with E-state index in [1.807, 2.05) is 0 Å². The highest BCUT2D eigenvalue weighted by atomic mass is 127. The summed E-state index contributed by atoms with van der Waals surface area (Å²) in [6.45, 7) is 3.09. The van der Waals surface area contributed by atoms with E-state index in [4.69, 9.17) is 4.74 Å². The van der Waals surface area contributed by atoms with Crippen LogP contribution in [0.2, 0.25) is 0 Å². The van der Waals surface area contributed by atoms with Gasteiger partial charge in [0.25, 0.3) is 5.69 Å². The number of nitro groups is 1. The summed E-state index contributed by atoms with van der Waals surface area (Å²) in [4.78, 5) is 14.5. The number of rotatable bonds is 10. The second kappa shape index (κ2) is 12.0. The van der Waals surface area contributed by atoms with Gasteiger partial charge in [0.1, 0.15) is 0 Å². The van der Waals surface area contributed by atoms with Crippen LogP contribution in [0.1, 0.15) is 25.7 Å². The standard InChI is InChI=1S/C18H29N5O3.HI/c1-19-17(22-14-18(8-3-9-18)10-13-26-2)21-12-11-20-15-4-6-16(7-5-15)23(24)25;/h4-7,20H,3,8-14H2,1-2H3,(H2,19,21,22);1H. The van der Waals surface area contributed by atoms with E-state index in [1.165, 1.54) is 31.4 Å². The van der Waals surface area contributed by atoms with Gasteiger partial charge in [0.05, 0.1) is 4.92 Å². The normalized spacial score (nSPS) is 15.3. The summed E-state index contributed by atoms with van der Waals surface area (Å²) in [5.41, 5.74) is 1.29. The number of benzene rings is 1. The highest BCUT2D eigenvalue weighted by Gasteiger charge is 2.36. The lowest BCUT2D eigenvalue weighted by Gasteiger charge is -2.42. The number of hydrogen-bond donors (Lipinski definition) is 3. The first-order chi connectivity index (χ1) is 12.6. The molecule has 152 valence electrons. The molecule has 0 radical (unpaired) electrons. The quantitative estimate of drug-likeness (QED) is 0.116. The third-order valence-electron chi connectivity index (χ3n) is 4.93. The molecule has 1 aliphatic rings. The second-order valence-corrected chi connectivity index (χ2v) is 6.68. The molecule has 0 unspecified atom stereocenters. The molecule has 0 atom stereocenters. The van der Waals surface area contributed by atoms with E-state index in [0.717, 1.165) is 31.2 Å². The molecule has 2 rings (SSSR count). The minimum atomic E-state index is -0.400. The van der Waals surface area contributed by atoms with E-state index in [0.29, 0.717) is 18.5 Å². The third-order valence-corrected chi connectivity index (χ3v) is 4.93. The fraction of sp³-hybridized carbons (Fsp3) is 0.611. The maximum absolute atomic E-state index is 10.6. The minimum Gasteiger partial charge on any atom is -0.385 e. The number of anilines is 1. The molecule has 0 bridgehead atoms. The van der Waals surface area contributed by atoms with Gasteiger partial charge in [-0.1, -0.05) is 6.42 Å². The smallest absolute Gasteiger partial charge is 0.269 e. The van der Waals surface area contributed by atoms with Gasteiger partial charge >= 0.3 is 0 Å². The SMILES string of the molecule is CN=C(NCCNc1ccc([N+](=O)[O-])cc1)NCC1(CCOC)CCC1.I. The van der Waals surface area contributed by atoms with Gasteiger partial charge in [0.15, 0.2) is 5.96 Å². The van der Waals surface area contributed by atoms with E-state index in [-0.39, 0.29) is 29.7 Å². The summed E-state index contributed by atoms with van der Waals surface area (Å²) >= 11 is 0. The Labute approximate surface area is 177 Å². The van der Waals surface area contributed by atoms with Gasteiger partial charge in [-0.3, -0.25) is 15.1 Å². The van der Waals surface area contributed by atoms with Crippen molar-refractivity contribution in [2.75, 3.05) is 45.7 Å². The molecular weight excluding hydrogens is 461 g/mol. The van der Waals surface area contributed by atoms with Crippen LogP contribution in [0.25, 0.3) is 0 Å². The van der Waals surface area contributed by atoms with Crippen molar-refractivity contribution in [3.8, 4) is 0 Å². The van der Waals surface area contributed by atoms with Gasteiger partial charge in [-0.05, 0) is 36.8 Å². The molecule has 9 heteroatoms. The maximum atomic E-state index is 10.6. The van der Waals surface area contributed by atoms with Crippen molar-refractivity contribution in [2.45, 2.75) is 25.7 Å². The first-order valence-corrected chi connectivity index (χ1v) is 9.00. The van der Waals surface area contributed by atoms with E-state index in [9.17, 15) is 10.1 Å². The summed E-state index contributed by atoms with van der Waals surface area (Å²) in [5.74, 6) is 0.791. The van der Waals surface area contributed by atoms with Crippen LogP contribution in [0.5, 0.6) is 0 Å². The summed E-state index contributed by atoms with van der Waals surface area (Å²) in [5, 5.41) is 20.6. The molecule has 0 heterocycles. The molecule has 27 heavy (non-hydrogen) atoms. The van der Waals surface area contributed by atoms with E-state index < -0.39 is 4.92 Å². The lowest BCUT2D eigenvalue weighted by atomic mass is 9.67. The number of halogens is 1. The molecule has 8 nitrogen and oxygen atoms in total. The number of ether oxygens (including phenoxy) is 1. The Hall–Kier alpha value is -1.62. The molecule has 1 aliphatic carbocycles. The Morgan fingerprint density at radius 2 is 1.96 bits per heavy atom. The largest absolute Gasteiger partial charge is 0.385 e. The minimum absolute atomic E-state index is 0. The highest BCUT2D eigenvalue weighted by Crippen LogP contribution is 2.43. The van der Waals surface area contributed by atoms with Crippen LogP contribution in [0.15, 0.2) is 29.3 Å². The number of nitrogens with zero attached hydrogens (tertiary/aromatic N) is 2. The van der Waals surface area contributed by atoms with Crippen LogP contribution in [-0.4, -0.2) is 51.3 Å². The van der Waals surface area contributed by atoms with Crippen molar-refractivity contribution in [1.29, 1.82) is 0 Å². The highest BCUT2D eigenvalue weighted by molar-refractivity contribution is 14.0. The molecule has 3 N–H and O–H groups in total. The molecule has 1 saturated carbocycles. The Morgan fingerprint density at radius 1 is 1.26 bits per heavy atom. The zero-order valence-electron chi connectivity index (χ0n) is 16.0. The van der Waals surface area contributed by atoms with Crippen LogP contribution >= 0.6 is 24.0 Å². The van der Waals surface area contributed by atoms with E-state index in [2.05, 4.69) is 20.9 Å². The van der Waals surface area contributed by atoms with Crippen LogP contribution in [0.3, 0.4) is 0 Å². The van der Waals surface area contributed by atoms with E-state index in [1.54, 1.807) is 26.3 Å². The fourth-order valence-electron chi connectivity index (χ4n) is 3.09. The van der Waals surface area contributed by atoms with Gasteiger partial charge in [-0.15, -0.1) is 24.0 Å². The fourth-order valence-corrected chi connectivity index (χ4v) is 3.09. The Morgan fingerprint density at radius 3 is 2.48 bits per heavy atom. The third kappa shape index (κ3) is 7.49. The molecule has 0 aromatic heterocycles. The monoisotopic (exact) mass is 491 g/mol. The summed E-state index contributed by atoms with van der Waals surface area (Å²) in [6, 6.07) is 6.41. The lowest BCUT2D eigenvalue weighted by Crippen LogP contribution is -2.47. The van der Waals surface area contributed by atoms with Gasteiger partial charge in [0.2, 0.25) is 0 Å². The van der Waals surface area contributed by atoms with Crippen LogP contribution in [-0.2, 0) is 4.74 Å². The molecule has 0 saturated heterocycles. The molecule has 1 aromatic carbocycles. The van der Waals surface area contributed by atoms with Crippen molar-refractivity contribution in [2.24, 2.45) is 10.4 Å². The van der Waals surface area contributed by atoms with Crippen LogP contribution < -0.4 is 16.0 Å². The number of methoxy groups -OCH3 is 1. The first kappa shape index (κ1) is 23.4. The molecular formula is C18H30IN5O3. The predicted molar refractivity (Wildman–Crippen MR) is 119 cm³/mol. The predicted octanol–water partition coefficient (Wildman–Crippen LogP) is 3.00. The van der Waals surface area contributed by atoms with Crippen LogP contribution in [0.4, 0.5) is 11.4 Å². The lowest BCUT2D eigenvalue weighted by molar-refractivity contribution is -0.384. The van der Waals surface area contributed by atoms with Crippen molar-refractivity contribution >= 4 is 41.3 Å². The number of non-ortho nitro benzene ring substituents is 1. The van der Waals surface area contributed by atoms with Crippen molar-refractivity contribution in [1.82, 2.24) is 10.6 Å². The van der Waals surface area contributed by atoms with Gasteiger partial charge in [0, 0.05) is 58.2 Å².